The van der Waals surface area contributed by atoms with Crippen LogP contribution in [0, 0.1) is 18.5 Å². The van der Waals surface area contributed by atoms with Gasteiger partial charge in [-0.05, 0) is 118 Å². The van der Waals surface area contributed by atoms with Crippen molar-refractivity contribution in [3.63, 3.8) is 0 Å². The molecule has 0 bridgehead atoms. The number of para-hydroxylation sites is 2. The van der Waals surface area contributed by atoms with E-state index in [4.69, 9.17) is 9.72 Å². The Morgan fingerprint density at radius 3 is 1.72 bits per heavy atom. The van der Waals surface area contributed by atoms with Crippen LogP contribution in [0.3, 0.4) is 0 Å². The number of pyridine rings is 1. The van der Waals surface area contributed by atoms with E-state index in [1.807, 2.05) is 18.3 Å². The Labute approximate surface area is 472 Å². The zero-order valence-electron chi connectivity index (χ0n) is 45.6. The third-order valence-electron chi connectivity index (χ3n) is 15.5. The van der Waals surface area contributed by atoms with Crippen molar-refractivity contribution in [2.24, 2.45) is 0 Å². The van der Waals surface area contributed by atoms with Crippen LogP contribution in [0.25, 0.3) is 106 Å². The molecule has 12 aromatic rings. The number of hydrogen-bond donors (Lipinski definition) is 0. The third kappa shape index (κ3) is 8.70. The van der Waals surface area contributed by atoms with E-state index in [-0.39, 0.29) is 37.3 Å². The standard InChI is InChI=1S/C72H60N4O.Pt/c1-70(2,3)48-37-38-73-66(42-48)76-64-32-18-17-29-60(64)61-34-33-53(44-65(61)76)77-52-24-19-23-51(43-52)74-45-75-67-54(46-21-11-10-12-22-46)30-20-31-62(67)58-27-15-13-25-56(58)57-26-14-16-28-59(57)63-36-35-55(68(74)69(63)75)47-39-49(71(4,5)6)41-50(40-47)72(7,8)9;/h10-42H,1-9H3;/q-2;. The second-order valence-electron chi connectivity index (χ2n) is 23.7. The zero-order chi connectivity index (χ0) is 53.0. The molecule has 13 rings (SSSR count). The van der Waals surface area contributed by atoms with Gasteiger partial charge >= 0.3 is 0 Å². The van der Waals surface area contributed by atoms with Crippen LogP contribution >= 0.6 is 0 Å². The van der Waals surface area contributed by atoms with Crippen molar-refractivity contribution in [1.82, 2.24) is 14.1 Å². The monoisotopic (exact) mass is 1190 g/mol. The van der Waals surface area contributed by atoms with Gasteiger partial charge in [0.25, 0.3) is 6.33 Å². The molecule has 1 aliphatic rings. The molecule has 0 amide bonds. The predicted octanol–water partition coefficient (Wildman–Crippen LogP) is 18.1. The van der Waals surface area contributed by atoms with Gasteiger partial charge in [-0.3, -0.25) is 4.57 Å². The molecule has 4 heterocycles. The minimum atomic E-state index is -0.100. The predicted molar refractivity (Wildman–Crippen MR) is 317 cm³/mol. The normalized spacial score (nSPS) is 12.3. The van der Waals surface area contributed by atoms with Crippen molar-refractivity contribution in [3.05, 3.63) is 235 Å². The summed E-state index contributed by atoms with van der Waals surface area (Å²) in [5.74, 6) is 1.98. The van der Waals surface area contributed by atoms with Crippen molar-refractivity contribution >= 4 is 32.8 Å². The van der Waals surface area contributed by atoms with E-state index >= 15 is 0 Å². The van der Waals surface area contributed by atoms with Gasteiger partial charge in [0.2, 0.25) is 0 Å². The fourth-order valence-electron chi connectivity index (χ4n) is 11.3. The van der Waals surface area contributed by atoms with Crippen LogP contribution in [0.15, 0.2) is 200 Å². The molecule has 0 fully saturated rings. The SMILES string of the molecule is CC(C)(C)c1cc(-c2ccc3c4c2n(-c2[c-]c(Oc5[c-]c6c(cc5)c5ccccc5n6-c5cc(C(C)(C)C)ccn5)ccc2)[c-][n+]4-c2c(-c4ccccc4)cccc2-c2ccccc2-c2ccccc2-3)cc(C(C)(C)C)c1.[Pt]. The fourth-order valence-corrected chi connectivity index (χ4v) is 11.3. The Hall–Kier alpha value is -8.11. The molecule has 5 nitrogen and oxygen atoms in total. The molecular weight excluding hydrogens is 1130 g/mol. The number of nitrogens with zero attached hydrogens (tertiary/aromatic N) is 4. The molecule has 0 saturated carbocycles. The third-order valence-corrected chi connectivity index (χ3v) is 15.5. The van der Waals surface area contributed by atoms with E-state index in [9.17, 15) is 0 Å². The number of hydrogen-bond acceptors (Lipinski definition) is 2. The fraction of sp³-hybridized carbons (Fsp3) is 0.167. The van der Waals surface area contributed by atoms with E-state index in [0.717, 1.165) is 94.5 Å². The minimum Gasteiger partial charge on any atom is -0.510 e. The number of ether oxygens (including phenoxy) is 1. The van der Waals surface area contributed by atoms with Crippen LogP contribution in [0.5, 0.6) is 11.5 Å². The summed E-state index contributed by atoms with van der Waals surface area (Å²) in [6, 6.07) is 77.7. The van der Waals surface area contributed by atoms with Crippen LogP contribution in [0.4, 0.5) is 0 Å². The number of rotatable bonds is 6. The molecule has 0 aliphatic carbocycles. The van der Waals surface area contributed by atoms with E-state index in [1.165, 1.54) is 27.8 Å². The van der Waals surface area contributed by atoms with Gasteiger partial charge in [0, 0.05) is 44.3 Å². The maximum Gasteiger partial charge on any atom is 0.268 e. The Morgan fingerprint density at radius 2 is 1.03 bits per heavy atom. The van der Waals surface area contributed by atoms with Crippen LogP contribution < -0.4 is 9.30 Å². The van der Waals surface area contributed by atoms with Crippen molar-refractivity contribution in [2.45, 2.75) is 78.6 Å². The smallest absolute Gasteiger partial charge is 0.268 e. The molecule has 386 valence electrons. The molecule has 3 aromatic heterocycles. The largest absolute Gasteiger partial charge is 0.510 e. The summed E-state index contributed by atoms with van der Waals surface area (Å²) >= 11 is 0. The summed E-state index contributed by atoms with van der Waals surface area (Å²) in [4.78, 5) is 4.93. The molecular formula is C72H60N4OPt-2. The Bertz CT molecular complexity index is 4280. The average molecular weight is 1190 g/mol. The number of imidazole rings is 1. The summed E-state index contributed by atoms with van der Waals surface area (Å²) in [5, 5.41) is 2.21. The number of aromatic nitrogens is 4. The molecule has 9 aromatic carbocycles. The van der Waals surface area contributed by atoms with Gasteiger partial charge in [0.15, 0.2) is 0 Å². The van der Waals surface area contributed by atoms with Crippen LogP contribution in [-0.2, 0) is 37.3 Å². The topological polar surface area (TPSA) is 35.9 Å². The molecule has 6 heteroatoms. The zero-order valence-corrected chi connectivity index (χ0v) is 47.8. The van der Waals surface area contributed by atoms with Crippen molar-refractivity contribution in [3.8, 4) is 84.3 Å². The number of benzene rings is 9. The first-order chi connectivity index (χ1) is 37.1. The van der Waals surface area contributed by atoms with Gasteiger partial charge in [-0.1, -0.05) is 213 Å². The molecule has 0 unspecified atom stereocenters. The first-order valence-corrected chi connectivity index (χ1v) is 26.8. The summed E-state index contributed by atoms with van der Waals surface area (Å²) in [6.07, 6.45) is 5.98. The van der Waals surface area contributed by atoms with Gasteiger partial charge in [0.1, 0.15) is 5.82 Å². The van der Waals surface area contributed by atoms with E-state index in [0.29, 0.717) is 11.5 Å². The molecule has 0 spiro atoms. The maximum atomic E-state index is 6.91. The minimum absolute atomic E-state index is 0. The van der Waals surface area contributed by atoms with Crippen molar-refractivity contribution in [2.75, 3.05) is 0 Å². The Kier molecular flexibility index (Phi) is 12.4. The van der Waals surface area contributed by atoms with Gasteiger partial charge < -0.3 is 13.9 Å². The van der Waals surface area contributed by atoms with Gasteiger partial charge in [0.05, 0.1) is 16.7 Å². The molecule has 1 aliphatic heterocycles. The summed E-state index contributed by atoms with van der Waals surface area (Å²) in [6.45, 7) is 20.6. The molecule has 78 heavy (non-hydrogen) atoms. The van der Waals surface area contributed by atoms with Crippen molar-refractivity contribution in [1.29, 1.82) is 0 Å². The first-order valence-electron chi connectivity index (χ1n) is 26.8. The molecule has 0 atom stereocenters. The van der Waals surface area contributed by atoms with E-state index in [2.05, 4.69) is 276 Å². The second-order valence-corrected chi connectivity index (χ2v) is 23.7. The quantitative estimate of drug-likeness (QED) is 0.123. The first kappa shape index (κ1) is 50.7. The van der Waals surface area contributed by atoms with Crippen LogP contribution in [0.2, 0.25) is 0 Å². The molecule has 0 radical (unpaired) electrons. The molecule has 0 N–H and O–H groups in total. The van der Waals surface area contributed by atoms with Gasteiger partial charge in [-0.25, -0.2) is 4.98 Å². The van der Waals surface area contributed by atoms with Crippen LogP contribution in [0.1, 0.15) is 79.0 Å². The average Bonchev–Trinajstić information content (AvgIpc) is 4.22. The summed E-state index contributed by atoms with van der Waals surface area (Å²) < 4.78 is 13.7. The summed E-state index contributed by atoms with van der Waals surface area (Å²) in [7, 11) is 0. The number of fused-ring (bicyclic) bond motifs is 10. The Morgan fingerprint density at radius 1 is 0.449 bits per heavy atom. The van der Waals surface area contributed by atoms with Crippen molar-refractivity contribution < 1.29 is 30.4 Å². The van der Waals surface area contributed by atoms with E-state index < -0.39 is 0 Å². The van der Waals surface area contributed by atoms with Gasteiger partial charge in [-0.2, -0.15) is 18.2 Å². The summed E-state index contributed by atoms with van der Waals surface area (Å²) in [5.41, 5.74) is 20.7. The van der Waals surface area contributed by atoms with E-state index in [1.54, 1.807) is 0 Å². The van der Waals surface area contributed by atoms with Crippen LogP contribution in [-0.4, -0.2) is 14.1 Å². The van der Waals surface area contributed by atoms with Gasteiger partial charge in [-0.15, -0.1) is 29.7 Å². The maximum absolute atomic E-state index is 6.91. The molecule has 0 saturated heterocycles. The second kappa shape index (κ2) is 19.1. The Balaban J connectivity index is 0.00000609.